The molecule has 0 radical (unpaired) electrons. The number of benzene rings is 1. The van der Waals surface area contributed by atoms with Gasteiger partial charge >= 0.3 is 19.5 Å². The molecule has 3 rings (SSSR count). The predicted molar refractivity (Wildman–Crippen MR) is 154 cm³/mol. The number of morpholine rings is 1. The largest absolute Gasteiger partial charge is 0.507 e. The Hall–Kier alpha value is -2.92. The van der Waals surface area contributed by atoms with Gasteiger partial charge in [0.1, 0.15) is 29.7 Å². The Labute approximate surface area is 241 Å². The summed E-state index contributed by atoms with van der Waals surface area (Å²) in [6, 6.07) is -0.904. The summed E-state index contributed by atoms with van der Waals surface area (Å²) in [5.74, 6) is -0.855. The minimum Gasteiger partial charge on any atom is -0.507 e. The van der Waals surface area contributed by atoms with Gasteiger partial charge in [0.05, 0.1) is 38.8 Å². The second-order valence-electron chi connectivity index (χ2n) is 10.4. The number of oxime groups is 1. The zero-order valence-electron chi connectivity index (χ0n) is 24.8. The number of nitrogens with zero attached hydrogens (tertiary/aromatic N) is 2. The van der Waals surface area contributed by atoms with Crippen LogP contribution in [0.2, 0.25) is 0 Å². The molecule has 2 aliphatic heterocycles. The van der Waals surface area contributed by atoms with Crippen molar-refractivity contribution in [3.63, 3.8) is 0 Å². The first-order chi connectivity index (χ1) is 19.5. The summed E-state index contributed by atoms with van der Waals surface area (Å²) in [6.07, 6.45) is 2.58. The summed E-state index contributed by atoms with van der Waals surface area (Å²) in [5, 5.41) is 17.6. The van der Waals surface area contributed by atoms with Crippen molar-refractivity contribution in [3.8, 4) is 11.5 Å². The van der Waals surface area contributed by atoms with Crippen LogP contribution in [0.4, 0.5) is 0 Å². The summed E-state index contributed by atoms with van der Waals surface area (Å²) in [6.45, 7) is 12.8. The zero-order valence-corrected chi connectivity index (χ0v) is 25.7. The molecule has 0 amide bonds. The summed E-state index contributed by atoms with van der Waals surface area (Å²) in [4.78, 5) is 27.1. The standard InChI is InChI=1S/C28H42N3O9P/c1-18(2)29-40-41(35,30-21(5)27(33)38-13-7-10-31-11-14-37-15-12-31)17-19(3)8-9-22-25(32)24-23(16-39-28(24)34)20(4)26(22)36-6/h8,21,32H,7,9-17H2,1-6H3,(H,30,35)/t21-,41?/m0/s1. The van der Waals surface area contributed by atoms with Crippen LogP contribution in [-0.4, -0.2) is 86.4 Å². The van der Waals surface area contributed by atoms with E-state index in [1.165, 1.54) is 7.11 Å². The summed E-state index contributed by atoms with van der Waals surface area (Å²) < 4.78 is 40.6. The van der Waals surface area contributed by atoms with Gasteiger partial charge in [-0.3, -0.25) is 14.3 Å². The molecule has 228 valence electrons. The highest BCUT2D eigenvalue weighted by atomic mass is 31.2. The lowest BCUT2D eigenvalue weighted by atomic mass is 9.95. The number of fused-ring (bicyclic) bond motifs is 1. The van der Waals surface area contributed by atoms with Crippen LogP contribution in [0.15, 0.2) is 16.8 Å². The second-order valence-corrected chi connectivity index (χ2v) is 12.5. The first-order valence-corrected chi connectivity index (χ1v) is 15.5. The minimum absolute atomic E-state index is 0.0620. The van der Waals surface area contributed by atoms with Gasteiger partial charge in [-0.1, -0.05) is 16.8 Å². The number of carbonyl (C=O) groups excluding carboxylic acids is 2. The zero-order chi connectivity index (χ0) is 30.2. The topological polar surface area (TPSA) is 145 Å². The van der Waals surface area contributed by atoms with Gasteiger partial charge in [0, 0.05) is 30.8 Å². The summed E-state index contributed by atoms with van der Waals surface area (Å²) in [5.41, 5.74) is 3.09. The maximum Gasteiger partial charge on any atom is 0.344 e. The van der Waals surface area contributed by atoms with E-state index in [-0.39, 0.29) is 37.1 Å². The van der Waals surface area contributed by atoms with Crippen molar-refractivity contribution >= 4 is 25.2 Å². The summed E-state index contributed by atoms with van der Waals surface area (Å²) in [7, 11) is -2.19. The van der Waals surface area contributed by atoms with Crippen molar-refractivity contribution in [1.29, 1.82) is 0 Å². The number of phenols is 1. The Balaban J connectivity index is 1.67. The van der Waals surface area contributed by atoms with Crippen molar-refractivity contribution in [1.82, 2.24) is 9.99 Å². The average molecular weight is 596 g/mol. The van der Waals surface area contributed by atoms with E-state index in [2.05, 4.69) is 15.1 Å². The van der Waals surface area contributed by atoms with Crippen molar-refractivity contribution in [3.05, 3.63) is 33.9 Å². The molecule has 2 heterocycles. The smallest absolute Gasteiger partial charge is 0.344 e. The molecule has 0 aliphatic carbocycles. The first kappa shape index (κ1) is 32.6. The molecule has 0 aromatic heterocycles. The number of carbonyl (C=O) groups is 2. The van der Waals surface area contributed by atoms with E-state index in [4.69, 9.17) is 23.6 Å². The number of phenolic OH excluding ortho intramolecular Hbond substituents is 1. The normalized spacial score (nSPS) is 17.7. The third-order valence-corrected chi connectivity index (χ3v) is 8.87. The number of methoxy groups -OCH3 is 1. The maximum absolute atomic E-state index is 13.8. The third-order valence-electron chi connectivity index (χ3n) is 6.83. The molecule has 2 atom stereocenters. The highest BCUT2D eigenvalue weighted by Gasteiger charge is 2.33. The van der Waals surface area contributed by atoms with Gasteiger partial charge < -0.3 is 28.7 Å². The van der Waals surface area contributed by atoms with Gasteiger partial charge in [0.15, 0.2) is 0 Å². The lowest BCUT2D eigenvalue weighted by Crippen LogP contribution is -2.38. The fourth-order valence-corrected chi connectivity index (χ4v) is 6.67. The summed E-state index contributed by atoms with van der Waals surface area (Å²) >= 11 is 0. The number of allylic oxidation sites excluding steroid dienone is 2. The molecule has 2 aliphatic rings. The molecule has 1 unspecified atom stereocenters. The molecular formula is C28H42N3O9P. The van der Waals surface area contributed by atoms with Gasteiger partial charge in [-0.2, -0.15) is 0 Å². The average Bonchev–Trinajstić information content (AvgIpc) is 3.33. The van der Waals surface area contributed by atoms with Crippen LogP contribution in [0, 0.1) is 6.92 Å². The van der Waals surface area contributed by atoms with Crippen LogP contribution < -0.4 is 9.82 Å². The molecule has 41 heavy (non-hydrogen) atoms. The molecule has 12 nitrogen and oxygen atoms in total. The van der Waals surface area contributed by atoms with E-state index in [1.807, 2.05) is 0 Å². The number of hydrogen-bond donors (Lipinski definition) is 2. The van der Waals surface area contributed by atoms with Crippen molar-refractivity contribution < 1.29 is 42.8 Å². The highest BCUT2D eigenvalue weighted by Crippen LogP contribution is 2.46. The Morgan fingerprint density at radius 3 is 2.63 bits per heavy atom. The fourth-order valence-electron chi connectivity index (χ4n) is 4.70. The first-order valence-electron chi connectivity index (χ1n) is 13.7. The van der Waals surface area contributed by atoms with Gasteiger partial charge in [0.25, 0.3) is 0 Å². The SMILES string of the molecule is COc1c(C)c2c(c(O)c1CC=C(C)CP(=O)(N[C@@H](C)C(=O)OCCCN1CCOCC1)ON=C(C)C)C(=O)OC2. The monoisotopic (exact) mass is 595 g/mol. The van der Waals surface area contributed by atoms with Crippen molar-refractivity contribution in [2.75, 3.05) is 52.7 Å². The van der Waals surface area contributed by atoms with Crippen LogP contribution >= 0.6 is 7.52 Å². The second kappa shape index (κ2) is 14.8. The van der Waals surface area contributed by atoms with E-state index < -0.39 is 25.5 Å². The van der Waals surface area contributed by atoms with Crippen LogP contribution in [0.1, 0.15) is 61.2 Å². The molecule has 0 spiro atoms. The number of nitrogens with one attached hydrogen (secondary N) is 1. The molecule has 1 fully saturated rings. The van der Waals surface area contributed by atoms with E-state index in [1.54, 1.807) is 40.7 Å². The Kier molecular flexibility index (Phi) is 11.8. The lowest BCUT2D eigenvalue weighted by Gasteiger charge is -2.26. The van der Waals surface area contributed by atoms with Crippen LogP contribution in [0.25, 0.3) is 0 Å². The van der Waals surface area contributed by atoms with Crippen LogP contribution in [0.5, 0.6) is 11.5 Å². The molecule has 0 saturated carbocycles. The number of esters is 2. The molecule has 1 aromatic rings. The lowest BCUT2D eigenvalue weighted by molar-refractivity contribution is -0.145. The predicted octanol–water partition coefficient (Wildman–Crippen LogP) is 3.72. The van der Waals surface area contributed by atoms with E-state index in [0.29, 0.717) is 53.4 Å². The third kappa shape index (κ3) is 8.78. The Bertz CT molecular complexity index is 1220. The number of aromatic hydroxyl groups is 1. The van der Waals surface area contributed by atoms with Gasteiger partial charge in [-0.05, 0) is 53.0 Å². The van der Waals surface area contributed by atoms with E-state index in [9.17, 15) is 19.3 Å². The van der Waals surface area contributed by atoms with Crippen LogP contribution in [0.3, 0.4) is 0 Å². The fraction of sp³-hybridized carbons (Fsp3) is 0.607. The molecular weight excluding hydrogens is 553 g/mol. The van der Waals surface area contributed by atoms with Gasteiger partial charge in [-0.15, -0.1) is 0 Å². The molecule has 1 saturated heterocycles. The number of ether oxygens (including phenoxy) is 4. The quantitative estimate of drug-likeness (QED) is 0.0811. The molecule has 0 bridgehead atoms. The Morgan fingerprint density at radius 1 is 1.27 bits per heavy atom. The number of hydrogen-bond acceptors (Lipinski definition) is 11. The molecule has 2 N–H and O–H groups in total. The minimum atomic E-state index is -3.68. The Morgan fingerprint density at radius 2 is 1.98 bits per heavy atom. The molecule has 13 heteroatoms. The van der Waals surface area contributed by atoms with Gasteiger partial charge in [-0.25, -0.2) is 9.88 Å². The number of rotatable bonds is 14. The van der Waals surface area contributed by atoms with Crippen molar-refractivity contribution in [2.24, 2.45) is 5.16 Å². The van der Waals surface area contributed by atoms with E-state index >= 15 is 0 Å². The van der Waals surface area contributed by atoms with Gasteiger partial charge in [0.2, 0.25) is 0 Å². The molecule has 1 aromatic carbocycles. The van der Waals surface area contributed by atoms with Crippen molar-refractivity contribution in [2.45, 2.75) is 60.1 Å². The van der Waals surface area contributed by atoms with Crippen LogP contribution in [-0.2, 0) is 41.2 Å². The number of cyclic esters (lactones) is 1. The maximum atomic E-state index is 13.8. The van der Waals surface area contributed by atoms with E-state index in [0.717, 1.165) is 19.6 Å². The highest BCUT2D eigenvalue weighted by molar-refractivity contribution is 7.57.